The zero-order chi connectivity index (χ0) is 18.4. The van der Waals surface area contributed by atoms with Crippen molar-refractivity contribution >= 4 is 6.21 Å². The number of unbranched alkanes of at least 4 members (excludes halogenated alkanes) is 9. The molecule has 3 atom stereocenters. The molecular formula is C22H43N2O+. The molecule has 3 unspecified atom stereocenters. The lowest BCUT2D eigenvalue weighted by Crippen LogP contribution is -2.57. The summed E-state index contributed by atoms with van der Waals surface area (Å²) in [4.78, 5) is 4.64. The van der Waals surface area contributed by atoms with Gasteiger partial charge in [-0.25, -0.2) is 4.99 Å². The molecule has 0 fully saturated rings. The van der Waals surface area contributed by atoms with Crippen molar-refractivity contribution in [2.24, 2.45) is 4.99 Å². The first-order chi connectivity index (χ1) is 12.2. The fourth-order valence-corrected chi connectivity index (χ4v) is 3.96. The van der Waals surface area contributed by atoms with Crippen LogP contribution >= 0.6 is 0 Å². The molecule has 0 spiro atoms. The second kappa shape index (κ2) is 13.5. The lowest BCUT2D eigenvalue weighted by atomic mass is 10.1. The Balaban J connectivity index is 2.02. The largest absolute Gasteiger partial charge is 0.345 e. The number of hydrogen-bond acceptors (Lipinski definition) is 2. The number of nitrogens with zero attached hydrogens (tertiary/aromatic N) is 2. The van der Waals surface area contributed by atoms with E-state index in [0.717, 1.165) is 24.0 Å². The Bertz CT molecular complexity index is 378. The van der Waals surface area contributed by atoms with Crippen LogP contribution in [-0.4, -0.2) is 41.3 Å². The fraction of sp³-hybridized carbons (Fsp3) is 0.864. The van der Waals surface area contributed by atoms with Gasteiger partial charge < -0.3 is 5.11 Å². The SMILES string of the molecule is CCCCCCCCC/C=C/CCCCC1N=CC[N+]1(CC)C(C)O. The molecule has 0 bridgehead atoms. The van der Waals surface area contributed by atoms with Gasteiger partial charge in [-0.05, 0) is 39.0 Å². The minimum absolute atomic E-state index is 0.265. The highest BCUT2D eigenvalue weighted by Gasteiger charge is 2.41. The van der Waals surface area contributed by atoms with Crippen LogP contribution in [0.3, 0.4) is 0 Å². The quantitative estimate of drug-likeness (QED) is 0.225. The van der Waals surface area contributed by atoms with Crippen molar-refractivity contribution in [3.63, 3.8) is 0 Å². The van der Waals surface area contributed by atoms with E-state index >= 15 is 0 Å². The number of rotatable bonds is 15. The van der Waals surface area contributed by atoms with Crippen molar-refractivity contribution in [1.29, 1.82) is 0 Å². The Morgan fingerprint density at radius 3 is 2.20 bits per heavy atom. The summed E-state index contributed by atoms with van der Waals surface area (Å²) in [5.74, 6) is 0. The van der Waals surface area contributed by atoms with Crippen molar-refractivity contribution in [3.05, 3.63) is 12.2 Å². The van der Waals surface area contributed by atoms with Gasteiger partial charge in [0.2, 0.25) is 0 Å². The third-order valence-corrected chi connectivity index (χ3v) is 5.85. The summed E-state index contributed by atoms with van der Waals surface area (Å²) in [6.45, 7) is 8.20. The Labute approximate surface area is 156 Å². The second-order valence-corrected chi connectivity index (χ2v) is 7.71. The minimum Gasteiger partial charge on any atom is -0.345 e. The summed E-state index contributed by atoms with van der Waals surface area (Å²) in [5.41, 5.74) is 0. The number of aliphatic imine (C=N–C) groups is 1. The monoisotopic (exact) mass is 351 g/mol. The maximum Gasteiger partial charge on any atom is 0.189 e. The summed E-state index contributed by atoms with van der Waals surface area (Å²) in [5, 5.41) is 10.2. The summed E-state index contributed by atoms with van der Waals surface area (Å²) >= 11 is 0. The molecule has 1 heterocycles. The molecule has 0 radical (unpaired) electrons. The first-order valence-electron chi connectivity index (χ1n) is 10.9. The summed E-state index contributed by atoms with van der Waals surface area (Å²) in [7, 11) is 0. The molecule has 0 aromatic heterocycles. The Morgan fingerprint density at radius 2 is 1.60 bits per heavy atom. The van der Waals surface area contributed by atoms with Gasteiger partial charge in [-0.2, -0.15) is 0 Å². The predicted octanol–water partition coefficient (Wildman–Crippen LogP) is 5.83. The lowest BCUT2D eigenvalue weighted by Gasteiger charge is -2.40. The van der Waals surface area contributed by atoms with Crippen LogP contribution < -0.4 is 0 Å². The number of aliphatic hydroxyl groups is 1. The molecule has 3 heteroatoms. The van der Waals surface area contributed by atoms with E-state index in [0.29, 0.717) is 0 Å². The van der Waals surface area contributed by atoms with Gasteiger partial charge in [0.15, 0.2) is 12.4 Å². The molecule has 0 saturated carbocycles. The van der Waals surface area contributed by atoms with Crippen molar-refractivity contribution in [2.75, 3.05) is 13.1 Å². The highest BCUT2D eigenvalue weighted by Crippen LogP contribution is 2.26. The van der Waals surface area contributed by atoms with E-state index in [2.05, 4.69) is 31.0 Å². The van der Waals surface area contributed by atoms with Gasteiger partial charge in [0.1, 0.15) is 6.54 Å². The van der Waals surface area contributed by atoms with Gasteiger partial charge >= 0.3 is 0 Å². The van der Waals surface area contributed by atoms with Crippen molar-refractivity contribution in [2.45, 2.75) is 110 Å². The van der Waals surface area contributed by atoms with Gasteiger partial charge in [0, 0.05) is 13.3 Å². The van der Waals surface area contributed by atoms with Gasteiger partial charge in [-0.1, -0.05) is 57.6 Å². The molecular weight excluding hydrogens is 308 g/mol. The Kier molecular flexibility index (Phi) is 12.1. The maximum absolute atomic E-state index is 10.2. The number of quaternary nitrogens is 1. The first-order valence-corrected chi connectivity index (χ1v) is 10.9. The van der Waals surface area contributed by atoms with E-state index in [9.17, 15) is 5.11 Å². The first kappa shape index (κ1) is 22.4. The van der Waals surface area contributed by atoms with Gasteiger partial charge in [0.25, 0.3) is 0 Å². The lowest BCUT2D eigenvalue weighted by molar-refractivity contribution is -0.976. The van der Waals surface area contributed by atoms with Crippen LogP contribution in [0.5, 0.6) is 0 Å². The van der Waals surface area contributed by atoms with Gasteiger partial charge in [0.05, 0.1) is 12.8 Å². The zero-order valence-electron chi connectivity index (χ0n) is 17.1. The fourth-order valence-electron chi connectivity index (χ4n) is 3.96. The van der Waals surface area contributed by atoms with Gasteiger partial charge in [-0.15, -0.1) is 0 Å². The highest BCUT2D eigenvalue weighted by molar-refractivity contribution is 5.60. The summed E-state index contributed by atoms with van der Waals surface area (Å²) < 4.78 is 0.730. The average Bonchev–Trinajstić information content (AvgIpc) is 3.03. The molecule has 0 aliphatic carbocycles. The van der Waals surface area contributed by atoms with E-state index < -0.39 is 0 Å². The summed E-state index contributed by atoms with van der Waals surface area (Å²) in [6.07, 6.45) is 22.4. The number of aliphatic hydroxyl groups excluding tert-OH is 1. The molecule has 1 rings (SSSR count). The van der Waals surface area contributed by atoms with Gasteiger partial charge in [-0.3, -0.25) is 4.48 Å². The smallest absolute Gasteiger partial charge is 0.189 e. The standard InChI is InChI=1S/C22H43N2O/c1-4-6-7-8-9-10-11-12-13-14-15-16-17-18-22-23-19-20-24(22,5-2)21(3)25/h13-14,19,21-22,25H,4-12,15-18,20H2,1-3H3/q+1/b14-13+. The zero-order valence-corrected chi connectivity index (χ0v) is 17.1. The highest BCUT2D eigenvalue weighted by atomic mass is 16.3. The molecule has 3 nitrogen and oxygen atoms in total. The molecule has 0 amide bonds. The normalized spacial score (nSPS) is 24.4. The van der Waals surface area contributed by atoms with Crippen molar-refractivity contribution < 1.29 is 9.59 Å². The third-order valence-electron chi connectivity index (χ3n) is 5.85. The van der Waals surface area contributed by atoms with Crippen molar-refractivity contribution in [1.82, 2.24) is 0 Å². The van der Waals surface area contributed by atoms with E-state index in [1.807, 2.05) is 13.1 Å². The Morgan fingerprint density at radius 1 is 1.00 bits per heavy atom. The van der Waals surface area contributed by atoms with Crippen LogP contribution in [-0.2, 0) is 0 Å². The minimum atomic E-state index is -0.320. The molecule has 1 aliphatic rings. The molecule has 0 aromatic carbocycles. The topological polar surface area (TPSA) is 32.6 Å². The molecule has 0 saturated heterocycles. The van der Waals surface area contributed by atoms with E-state index in [4.69, 9.17) is 0 Å². The number of hydrogen-bond donors (Lipinski definition) is 1. The number of allylic oxidation sites excluding steroid dienone is 2. The average molecular weight is 352 g/mol. The van der Waals surface area contributed by atoms with Crippen LogP contribution in [0.25, 0.3) is 0 Å². The summed E-state index contributed by atoms with van der Waals surface area (Å²) in [6, 6.07) is 0. The van der Waals surface area contributed by atoms with Crippen LogP contribution in [0.15, 0.2) is 17.1 Å². The Hall–Kier alpha value is -0.670. The van der Waals surface area contributed by atoms with Crippen LogP contribution in [0.1, 0.15) is 97.8 Å². The molecule has 25 heavy (non-hydrogen) atoms. The molecule has 1 aliphatic heterocycles. The third kappa shape index (κ3) is 8.04. The van der Waals surface area contributed by atoms with E-state index in [1.165, 1.54) is 70.6 Å². The molecule has 146 valence electrons. The van der Waals surface area contributed by atoms with E-state index in [1.54, 1.807) is 0 Å². The van der Waals surface area contributed by atoms with Crippen LogP contribution in [0.2, 0.25) is 0 Å². The van der Waals surface area contributed by atoms with Crippen LogP contribution in [0, 0.1) is 0 Å². The van der Waals surface area contributed by atoms with Crippen molar-refractivity contribution in [3.8, 4) is 0 Å². The van der Waals surface area contributed by atoms with Crippen LogP contribution in [0.4, 0.5) is 0 Å². The second-order valence-electron chi connectivity index (χ2n) is 7.71. The molecule has 0 aromatic rings. The van der Waals surface area contributed by atoms with E-state index in [-0.39, 0.29) is 12.4 Å². The maximum atomic E-state index is 10.2. The molecule has 1 N–H and O–H groups in total. The predicted molar refractivity (Wildman–Crippen MR) is 110 cm³/mol.